The Bertz CT molecular complexity index is 135. The lowest BCUT2D eigenvalue weighted by Crippen LogP contribution is -2.51. The van der Waals surface area contributed by atoms with Gasteiger partial charge in [0, 0.05) is 31.7 Å². The monoisotopic (exact) mass is 186 g/mol. The second-order valence-electron chi connectivity index (χ2n) is 3.51. The molecule has 2 fully saturated rings. The van der Waals surface area contributed by atoms with Crippen LogP contribution in [0.4, 0.5) is 0 Å². The van der Waals surface area contributed by atoms with Crippen LogP contribution in [-0.2, 0) is 0 Å². The minimum atomic E-state index is 0.344. The number of nitrogens with one attached hydrogen (secondary N) is 1. The van der Waals surface area contributed by atoms with Gasteiger partial charge in [0.1, 0.15) is 0 Å². The Morgan fingerprint density at radius 3 is 2.85 bits per heavy atom. The molecule has 13 heavy (non-hydrogen) atoms. The molecule has 2 rings (SSSR count). The molecule has 0 aromatic rings. The van der Waals surface area contributed by atoms with Gasteiger partial charge in [-0.1, -0.05) is 13.8 Å². The SMILES string of the molecule is CC.OC[C@H]1CC[C@H]2CNCCN12. The normalized spacial score (nSPS) is 33.5. The van der Waals surface area contributed by atoms with E-state index in [1.807, 2.05) is 13.8 Å². The molecule has 2 N–H and O–H groups in total. The molecule has 78 valence electrons. The molecule has 0 amide bonds. The zero-order chi connectivity index (χ0) is 9.68. The summed E-state index contributed by atoms with van der Waals surface area (Å²) in [6, 6.07) is 1.17. The number of fused-ring (bicyclic) bond motifs is 1. The van der Waals surface area contributed by atoms with Crippen LogP contribution in [0.1, 0.15) is 26.7 Å². The highest BCUT2D eigenvalue weighted by Crippen LogP contribution is 2.24. The predicted molar refractivity (Wildman–Crippen MR) is 54.8 cm³/mol. The number of piperazine rings is 1. The highest BCUT2D eigenvalue weighted by atomic mass is 16.3. The molecule has 2 aliphatic rings. The molecule has 0 saturated carbocycles. The molecule has 2 heterocycles. The fourth-order valence-electron chi connectivity index (χ4n) is 2.27. The first kappa shape index (κ1) is 11.0. The molecule has 0 spiro atoms. The summed E-state index contributed by atoms with van der Waals surface area (Å²) >= 11 is 0. The smallest absolute Gasteiger partial charge is 0.0587 e. The van der Waals surface area contributed by atoms with Crippen molar-refractivity contribution in [1.29, 1.82) is 0 Å². The Morgan fingerprint density at radius 1 is 1.38 bits per heavy atom. The molecule has 0 unspecified atom stereocenters. The van der Waals surface area contributed by atoms with Crippen molar-refractivity contribution in [2.24, 2.45) is 0 Å². The third-order valence-electron chi connectivity index (χ3n) is 2.91. The van der Waals surface area contributed by atoms with Crippen molar-refractivity contribution in [1.82, 2.24) is 10.2 Å². The number of hydrogen-bond acceptors (Lipinski definition) is 3. The summed E-state index contributed by atoms with van der Waals surface area (Å²) < 4.78 is 0. The van der Waals surface area contributed by atoms with Crippen LogP contribution in [0, 0.1) is 0 Å². The number of aliphatic hydroxyl groups excluding tert-OH is 1. The molecule has 0 bridgehead atoms. The summed E-state index contributed by atoms with van der Waals surface area (Å²) in [6.07, 6.45) is 2.45. The fraction of sp³-hybridized carbons (Fsp3) is 1.00. The minimum Gasteiger partial charge on any atom is -0.395 e. The van der Waals surface area contributed by atoms with Crippen molar-refractivity contribution in [3.63, 3.8) is 0 Å². The maximum absolute atomic E-state index is 9.04. The molecule has 0 aromatic heterocycles. The van der Waals surface area contributed by atoms with E-state index < -0.39 is 0 Å². The number of aliphatic hydroxyl groups is 1. The molecule has 0 aromatic carbocycles. The number of nitrogens with zero attached hydrogens (tertiary/aromatic N) is 1. The minimum absolute atomic E-state index is 0.344. The first-order valence-electron chi connectivity index (χ1n) is 5.49. The zero-order valence-electron chi connectivity index (χ0n) is 8.79. The van der Waals surface area contributed by atoms with Crippen LogP contribution >= 0.6 is 0 Å². The standard InChI is InChI=1S/C8H16N2O.C2H6/c11-6-8-2-1-7-5-9-3-4-10(7)8;1-2/h7-9,11H,1-6H2;1-2H3/t7-,8+;/m0./s1. The summed E-state index contributed by atoms with van der Waals surface area (Å²) in [5, 5.41) is 12.4. The van der Waals surface area contributed by atoms with E-state index in [2.05, 4.69) is 10.2 Å². The largest absolute Gasteiger partial charge is 0.395 e. The van der Waals surface area contributed by atoms with Crippen molar-refractivity contribution in [3.8, 4) is 0 Å². The van der Waals surface area contributed by atoms with Crippen LogP contribution in [0.2, 0.25) is 0 Å². The molecular formula is C10H22N2O. The molecular weight excluding hydrogens is 164 g/mol. The fourth-order valence-corrected chi connectivity index (χ4v) is 2.27. The van der Waals surface area contributed by atoms with E-state index in [0.717, 1.165) is 19.6 Å². The van der Waals surface area contributed by atoms with Gasteiger partial charge in [0.25, 0.3) is 0 Å². The number of hydrogen-bond donors (Lipinski definition) is 2. The van der Waals surface area contributed by atoms with Crippen LogP contribution < -0.4 is 5.32 Å². The lowest BCUT2D eigenvalue weighted by molar-refractivity contribution is 0.112. The summed E-state index contributed by atoms with van der Waals surface area (Å²) in [4.78, 5) is 2.45. The third kappa shape index (κ3) is 2.42. The van der Waals surface area contributed by atoms with Crippen LogP contribution in [0.15, 0.2) is 0 Å². The third-order valence-corrected chi connectivity index (χ3v) is 2.91. The molecule has 0 radical (unpaired) electrons. The molecule has 2 saturated heterocycles. The Balaban J connectivity index is 0.000000396. The van der Waals surface area contributed by atoms with Crippen molar-refractivity contribution < 1.29 is 5.11 Å². The Labute approximate surface area is 81.1 Å². The average molecular weight is 186 g/mol. The second kappa shape index (κ2) is 5.58. The first-order chi connectivity index (χ1) is 6.42. The van der Waals surface area contributed by atoms with Gasteiger partial charge in [0.2, 0.25) is 0 Å². The molecule has 3 heteroatoms. The zero-order valence-corrected chi connectivity index (χ0v) is 8.79. The van der Waals surface area contributed by atoms with Crippen molar-refractivity contribution >= 4 is 0 Å². The molecule has 0 aliphatic carbocycles. The Morgan fingerprint density at radius 2 is 2.15 bits per heavy atom. The van der Waals surface area contributed by atoms with E-state index >= 15 is 0 Å². The topological polar surface area (TPSA) is 35.5 Å². The maximum atomic E-state index is 9.04. The highest BCUT2D eigenvalue weighted by molar-refractivity contribution is 4.91. The number of rotatable bonds is 1. The van der Waals surface area contributed by atoms with E-state index in [4.69, 9.17) is 5.11 Å². The first-order valence-corrected chi connectivity index (χ1v) is 5.49. The van der Waals surface area contributed by atoms with Crippen molar-refractivity contribution in [3.05, 3.63) is 0 Å². The van der Waals surface area contributed by atoms with Gasteiger partial charge in [-0.05, 0) is 12.8 Å². The van der Waals surface area contributed by atoms with Crippen molar-refractivity contribution in [2.75, 3.05) is 26.2 Å². The van der Waals surface area contributed by atoms with Gasteiger partial charge in [-0.3, -0.25) is 4.90 Å². The second-order valence-corrected chi connectivity index (χ2v) is 3.51. The van der Waals surface area contributed by atoms with Crippen LogP contribution in [0.3, 0.4) is 0 Å². The van der Waals surface area contributed by atoms with Crippen LogP contribution in [-0.4, -0.2) is 48.3 Å². The highest BCUT2D eigenvalue weighted by Gasteiger charge is 2.33. The van der Waals surface area contributed by atoms with E-state index in [0.29, 0.717) is 18.7 Å². The maximum Gasteiger partial charge on any atom is 0.0587 e. The van der Waals surface area contributed by atoms with Crippen LogP contribution in [0.25, 0.3) is 0 Å². The van der Waals surface area contributed by atoms with E-state index in [1.54, 1.807) is 0 Å². The predicted octanol–water partition coefficient (Wildman–Crippen LogP) is 0.441. The summed E-state index contributed by atoms with van der Waals surface area (Å²) in [5.74, 6) is 0. The van der Waals surface area contributed by atoms with E-state index in [1.165, 1.54) is 12.8 Å². The average Bonchev–Trinajstić information content (AvgIpc) is 2.64. The van der Waals surface area contributed by atoms with Crippen LogP contribution in [0.5, 0.6) is 0 Å². The summed E-state index contributed by atoms with van der Waals surface area (Å²) in [7, 11) is 0. The lowest BCUT2D eigenvalue weighted by Gasteiger charge is -2.33. The van der Waals surface area contributed by atoms with Gasteiger partial charge in [-0.15, -0.1) is 0 Å². The quantitative estimate of drug-likeness (QED) is 0.624. The van der Waals surface area contributed by atoms with Gasteiger partial charge >= 0.3 is 0 Å². The van der Waals surface area contributed by atoms with E-state index in [-0.39, 0.29) is 0 Å². The molecule has 2 atom stereocenters. The van der Waals surface area contributed by atoms with E-state index in [9.17, 15) is 0 Å². The van der Waals surface area contributed by atoms with Gasteiger partial charge in [-0.25, -0.2) is 0 Å². The molecule has 3 nitrogen and oxygen atoms in total. The molecule has 2 aliphatic heterocycles. The van der Waals surface area contributed by atoms with Gasteiger partial charge in [0.15, 0.2) is 0 Å². The lowest BCUT2D eigenvalue weighted by atomic mass is 10.2. The summed E-state index contributed by atoms with van der Waals surface area (Å²) in [5.41, 5.74) is 0. The van der Waals surface area contributed by atoms with Crippen molar-refractivity contribution in [2.45, 2.75) is 38.8 Å². The Hall–Kier alpha value is -0.120. The van der Waals surface area contributed by atoms with Gasteiger partial charge in [0.05, 0.1) is 6.61 Å². The summed E-state index contributed by atoms with van der Waals surface area (Å²) in [6.45, 7) is 7.68. The van der Waals surface area contributed by atoms with Gasteiger partial charge in [-0.2, -0.15) is 0 Å². The Kier molecular flexibility index (Phi) is 4.70. The van der Waals surface area contributed by atoms with Gasteiger partial charge < -0.3 is 10.4 Å².